The fourth-order valence-corrected chi connectivity index (χ4v) is 3.95. The second-order valence-corrected chi connectivity index (χ2v) is 9.43. The number of nitrogens with zero attached hydrogens (tertiary/aromatic N) is 1. The molecule has 4 aromatic carbocycles. The molecule has 0 aliphatic rings. The number of likely N-dealkylation sites (N-methyl/N-ethyl adjacent to an activating group) is 1. The van der Waals surface area contributed by atoms with Gasteiger partial charge in [-0.2, -0.15) is 0 Å². The Bertz CT molecular complexity index is 1450. The molecule has 0 fully saturated rings. The first-order chi connectivity index (χ1) is 18.9. The van der Waals surface area contributed by atoms with E-state index in [-0.39, 0.29) is 18.0 Å². The van der Waals surface area contributed by atoms with E-state index in [1.54, 1.807) is 90.8 Å². The van der Waals surface area contributed by atoms with Gasteiger partial charge in [-0.15, -0.1) is 0 Å². The van der Waals surface area contributed by atoms with Crippen molar-refractivity contribution in [1.29, 1.82) is 0 Å². The standard InChI is InChI=1S/C32H28ClN3O3/c1-36(22-25-8-4-2-5-9-25)30(37)21-24-14-18-28(19-15-24)34-32(39)29(20-23-12-16-27(33)17-13-23)35-31(38)26-10-6-3-7-11-26/h2-20H,21-22H2,1H3,(H,34,39)(H,35,38)/b29-20-. The summed E-state index contributed by atoms with van der Waals surface area (Å²) in [7, 11) is 1.78. The van der Waals surface area contributed by atoms with Gasteiger partial charge in [0, 0.05) is 29.9 Å². The van der Waals surface area contributed by atoms with Crippen LogP contribution in [-0.4, -0.2) is 29.7 Å². The summed E-state index contributed by atoms with van der Waals surface area (Å²) >= 11 is 5.99. The van der Waals surface area contributed by atoms with E-state index in [0.29, 0.717) is 28.4 Å². The van der Waals surface area contributed by atoms with E-state index in [1.807, 2.05) is 36.4 Å². The van der Waals surface area contributed by atoms with Crippen LogP contribution in [0.5, 0.6) is 0 Å². The summed E-state index contributed by atoms with van der Waals surface area (Å²) in [5.41, 5.74) is 3.63. The van der Waals surface area contributed by atoms with Gasteiger partial charge in [0.05, 0.1) is 6.42 Å². The molecule has 0 saturated carbocycles. The van der Waals surface area contributed by atoms with Crippen molar-refractivity contribution in [3.05, 3.63) is 142 Å². The predicted octanol–water partition coefficient (Wildman–Crippen LogP) is 5.95. The topological polar surface area (TPSA) is 78.5 Å². The van der Waals surface area contributed by atoms with Gasteiger partial charge < -0.3 is 15.5 Å². The van der Waals surface area contributed by atoms with Crippen molar-refractivity contribution < 1.29 is 14.4 Å². The van der Waals surface area contributed by atoms with E-state index in [9.17, 15) is 14.4 Å². The van der Waals surface area contributed by atoms with Crippen LogP contribution in [0.3, 0.4) is 0 Å². The monoisotopic (exact) mass is 537 g/mol. The van der Waals surface area contributed by atoms with Crippen molar-refractivity contribution in [3.63, 3.8) is 0 Å². The Morgan fingerprint density at radius 3 is 2.03 bits per heavy atom. The summed E-state index contributed by atoms with van der Waals surface area (Å²) < 4.78 is 0. The highest BCUT2D eigenvalue weighted by atomic mass is 35.5. The zero-order valence-electron chi connectivity index (χ0n) is 21.4. The summed E-state index contributed by atoms with van der Waals surface area (Å²) in [6.07, 6.45) is 1.83. The van der Waals surface area contributed by atoms with E-state index in [2.05, 4.69) is 10.6 Å². The molecule has 6 nitrogen and oxygen atoms in total. The molecule has 0 radical (unpaired) electrons. The predicted molar refractivity (Wildman–Crippen MR) is 155 cm³/mol. The van der Waals surface area contributed by atoms with Gasteiger partial charge >= 0.3 is 0 Å². The smallest absolute Gasteiger partial charge is 0.272 e. The Hall–Kier alpha value is -4.68. The van der Waals surface area contributed by atoms with Crippen molar-refractivity contribution in [2.24, 2.45) is 0 Å². The molecule has 0 bridgehead atoms. The van der Waals surface area contributed by atoms with Gasteiger partial charge in [-0.1, -0.05) is 84.4 Å². The molecule has 0 aromatic heterocycles. The van der Waals surface area contributed by atoms with E-state index < -0.39 is 11.8 Å². The van der Waals surface area contributed by atoms with Gasteiger partial charge in [0.15, 0.2) is 0 Å². The lowest BCUT2D eigenvalue weighted by atomic mass is 10.1. The molecular formula is C32H28ClN3O3. The maximum Gasteiger partial charge on any atom is 0.272 e. The normalized spacial score (nSPS) is 11.0. The highest BCUT2D eigenvalue weighted by Gasteiger charge is 2.16. The zero-order chi connectivity index (χ0) is 27.6. The van der Waals surface area contributed by atoms with Crippen LogP contribution in [0.15, 0.2) is 115 Å². The summed E-state index contributed by atoms with van der Waals surface area (Å²) in [4.78, 5) is 40.4. The van der Waals surface area contributed by atoms with Crippen molar-refractivity contribution in [1.82, 2.24) is 10.2 Å². The number of amides is 3. The van der Waals surface area contributed by atoms with Crippen molar-refractivity contribution in [2.45, 2.75) is 13.0 Å². The van der Waals surface area contributed by atoms with Crippen LogP contribution in [0.1, 0.15) is 27.0 Å². The molecule has 0 aliphatic heterocycles. The molecule has 0 aliphatic carbocycles. The molecule has 0 unspecified atom stereocenters. The van der Waals surface area contributed by atoms with Gasteiger partial charge in [-0.3, -0.25) is 14.4 Å². The van der Waals surface area contributed by atoms with Gasteiger partial charge in [0.25, 0.3) is 11.8 Å². The number of rotatable bonds is 9. The Morgan fingerprint density at radius 1 is 0.769 bits per heavy atom. The highest BCUT2D eigenvalue weighted by molar-refractivity contribution is 6.30. The quantitative estimate of drug-likeness (QED) is 0.259. The second-order valence-electron chi connectivity index (χ2n) is 8.99. The van der Waals surface area contributed by atoms with Crippen molar-refractivity contribution in [2.75, 3.05) is 12.4 Å². The molecule has 0 heterocycles. The molecule has 4 rings (SSSR count). The van der Waals surface area contributed by atoms with E-state index in [1.165, 1.54) is 0 Å². The lowest BCUT2D eigenvalue weighted by molar-refractivity contribution is -0.129. The average molecular weight is 538 g/mol. The van der Waals surface area contributed by atoms with Crippen LogP contribution < -0.4 is 10.6 Å². The number of nitrogens with one attached hydrogen (secondary N) is 2. The SMILES string of the molecule is CN(Cc1ccccc1)C(=O)Cc1ccc(NC(=O)/C(=C/c2ccc(Cl)cc2)NC(=O)c2ccccc2)cc1. The third-order valence-corrected chi connectivity index (χ3v) is 6.22. The van der Waals surface area contributed by atoms with Crippen molar-refractivity contribution in [3.8, 4) is 0 Å². The van der Waals surface area contributed by atoms with Crippen LogP contribution in [0, 0.1) is 0 Å². The number of carbonyl (C=O) groups is 3. The first-order valence-corrected chi connectivity index (χ1v) is 12.8. The third-order valence-electron chi connectivity index (χ3n) is 5.97. The summed E-state index contributed by atoms with van der Waals surface area (Å²) in [6, 6.07) is 32.5. The number of carbonyl (C=O) groups excluding carboxylic acids is 3. The van der Waals surface area contributed by atoms with E-state index in [0.717, 1.165) is 11.1 Å². The molecule has 3 amide bonds. The van der Waals surface area contributed by atoms with Gasteiger partial charge in [-0.25, -0.2) is 0 Å². The van der Waals surface area contributed by atoms with Crippen LogP contribution in [-0.2, 0) is 22.6 Å². The van der Waals surface area contributed by atoms with Gasteiger partial charge in [-0.05, 0) is 59.2 Å². The van der Waals surface area contributed by atoms with Crippen LogP contribution in [0.25, 0.3) is 6.08 Å². The number of anilines is 1. The molecule has 2 N–H and O–H groups in total. The summed E-state index contributed by atoms with van der Waals surface area (Å²) in [5.74, 6) is -0.896. The molecule has 196 valence electrons. The fourth-order valence-electron chi connectivity index (χ4n) is 3.83. The minimum atomic E-state index is -0.486. The first-order valence-electron chi connectivity index (χ1n) is 12.4. The number of hydrogen-bond acceptors (Lipinski definition) is 3. The Morgan fingerprint density at radius 2 is 1.38 bits per heavy atom. The summed E-state index contributed by atoms with van der Waals surface area (Å²) in [6.45, 7) is 0.533. The average Bonchev–Trinajstić information content (AvgIpc) is 2.95. The fraction of sp³-hybridized carbons (Fsp3) is 0.0938. The molecular weight excluding hydrogens is 510 g/mol. The molecule has 7 heteroatoms. The minimum Gasteiger partial charge on any atom is -0.341 e. The highest BCUT2D eigenvalue weighted by Crippen LogP contribution is 2.16. The zero-order valence-corrected chi connectivity index (χ0v) is 22.2. The lowest BCUT2D eigenvalue weighted by Crippen LogP contribution is -2.30. The molecule has 4 aromatic rings. The van der Waals surface area contributed by atoms with Crippen LogP contribution >= 0.6 is 11.6 Å². The lowest BCUT2D eigenvalue weighted by Gasteiger charge is -2.17. The Labute approximate surface area is 232 Å². The van der Waals surface area contributed by atoms with Gasteiger partial charge in [0.2, 0.25) is 5.91 Å². The maximum absolute atomic E-state index is 13.2. The molecule has 0 atom stereocenters. The maximum atomic E-state index is 13.2. The number of benzene rings is 4. The van der Waals surface area contributed by atoms with Crippen LogP contribution in [0.2, 0.25) is 5.02 Å². The van der Waals surface area contributed by atoms with Crippen LogP contribution in [0.4, 0.5) is 5.69 Å². The Balaban J connectivity index is 1.43. The number of halogens is 1. The largest absolute Gasteiger partial charge is 0.341 e. The Kier molecular flexibility index (Phi) is 9.27. The van der Waals surface area contributed by atoms with E-state index >= 15 is 0 Å². The van der Waals surface area contributed by atoms with E-state index in [4.69, 9.17) is 11.6 Å². The first kappa shape index (κ1) is 27.4. The molecule has 0 spiro atoms. The summed E-state index contributed by atoms with van der Waals surface area (Å²) in [5, 5.41) is 6.10. The third kappa shape index (κ3) is 8.15. The second kappa shape index (κ2) is 13.2. The minimum absolute atomic E-state index is 0.00699. The molecule has 39 heavy (non-hydrogen) atoms. The molecule has 0 saturated heterocycles. The van der Waals surface area contributed by atoms with Crippen molar-refractivity contribution >= 4 is 41.1 Å². The van der Waals surface area contributed by atoms with Gasteiger partial charge in [0.1, 0.15) is 5.70 Å². The number of hydrogen-bond donors (Lipinski definition) is 2.